The minimum Gasteiger partial charge on any atom is -0.456 e. The van der Waals surface area contributed by atoms with Crippen LogP contribution in [0.2, 0.25) is 0 Å². The summed E-state index contributed by atoms with van der Waals surface area (Å²) in [5.74, 6) is 2.22. The molecule has 0 radical (unpaired) electrons. The van der Waals surface area contributed by atoms with E-state index in [1.54, 1.807) is 0 Å². The van der Waals surface area contributed by atoms with Gasteiger partial charge in [0.15, 0.2) is 17.2 Å². The van der Waals surface area contributed by atoms with Gasteiger partial charge in [-0.2, -0.15) is 0 Å². The van der Waals surface area contributed by atoms with Crippen molar-refractivity contribution in [1.29, 1.82) is 0 Å². The Kier molecular flexibility index (Phi) is 6.65. The molecule has 0 unspecified atom stereocenters. The van der Waals surface area contributed by atoms with Crippen LogP contribution in [0.4, 0.5) is 0 Å². The highest BCUT2D eigenvalue weighted by molar-refractivity contribution is 6.14. The molecule has 0 saturated heterocycles. The van der Waals surface area contributed by atoms with Crippen molar-refractivity contribution in [3.8, 4) is 45.3 Å². The molecule has 6 nitrogen and oxygen atoms in total. The first kappa shape index (κ1) is 31.0. The van der Waals surface area contributed by atoms with Gasteiger partial charge in [-0.3, -0.25) is 0 Å². The number of benzene rings is 7. The van der Waals surface area contributed by atoms with E-state index >= 15 is 0 Å². The Morgan fingerprint density at radius 2 is 1.18 bits per heavy atom. The topological polar surface area (TPSA) is 77.8 Å². The molecule has 0 fully saturated rings. The number of aryl methyl sites for hydroxylation is 1. The number of nitrogens with zero attached hydrogens (tertiary/aromatic N) is 4. The Morgan fingerprint density at radius 1 is 0.464 bits per heavy atom. The quantitative estimate of drug-likeness (QED) is 0.169. The molecule has 0 N–H and O–H groups in total. The third-order valence-corrected chi connectivity index (χ3v) is 11.2. The molecule has 12 rings (SSSR count). The molecule has 6 heteroatoms. The summed E-state index contributed by atoms with van der Waals surface area (Å²) in [4.78, 5) is 20.8. The molecule has 11 aromatic rings. The maximum absolute atomic E-state index is 6.53. The van der Waals surface area contributed by atoms with Gasteiger partial charge in [-0.1, -0.05) is 121 Å². The van der Waals surface area contributed by atoms with E-state index in [-0.39, 0.29) is 0 Å². The highest BCUT2D eigenvalue weighted by atomic mass is 16.3. The first-order valence-electron chi connectivity index (χ1n) is 18.9. The van der Waals surface area contributed by atoms with Crippen molar-refractivity contribution >= 4 is 71.6 Å². The summed E-state index contributed by atoms with van der Waals surface area (Å²) in [5.41, 5.74) is 10.5. The second-order valence-corrected chi connectivity index (χ2v) is 14.4. The van der Waals surface area contributed by atoms with Crippen molar-refractivity contribution in [2.45, 2.75) is 12.8 Å². The zero-order valence-electron chi connectivity index (χ0n) is 30.0. The van der Waals surface area contributed by atoms with Crippen molar-refractivity contribution in [1.82, 2.24) is 19.9 Å². The van der Waals surface area contributed by atoms with Gasteiger partial charge in [-0.25, -0.2) is 19.9 Å². The lowest BCUT2D eigenvalue weighted by atomic mass is 9.96. The highest BCUT2D eigenvalue weighted by Crippen LogP contribution is 2.42. The van der Waals surface area contributed by atoms with Crippen LogP contribution >= 0.6 is 0 Å². The summed E-state index contributed by atoms with van der Waals surface area (Å²) >= 11 is 0. The van der Waals surface area contributed by atoms with E-state index in [1.807, 2.05) is 30.3 Å². The van der Waals surface area contributed by atoms with E-state index < -0.39 is 0 Å². The molecule has 7 aromatic carbocycles. The Labute approximate surface area is 320 Å². The average molecular weight is 719 g/mol. The van der Waals surface area contributed by atoms with Gasteiger partial charge in [0, 0.05) is 44.0 Å². The fourth-order valence-corrected chi connectivity index (χ4v) is 8.52. The Hall–Kier alpha value is -7.44. The lowest BCUT2D eigenvalue weighted by molar-refractivity contribution is 0.596. The summed E-state index contributed by atoms with van der Waals surface area (Å²) in [6.07, 6.45) is 6.20. The van der Waals surface area contributed by atoms with E-state index in [0.29, 0.717) is 22.9 Å². The monoisotopic (exact) mass is 718 g/mol. The number of aromatic nitrogens is 4. The van der Waals surface area contributed by atoms with Crippen molar-refractivity contribution < 1.29 is 8.83 Å². The number of allylic oxidation sites excluding steroid dienone is 1. The van der Waals surface area contributed by atoms with E-state index in [9.17, 15) is 0 Å². The second kappa shape index (κ2) is 12.0. The summed E-state index contributed by atoms with van der Waals surface area (Å²) in [6, 6.07) is 50.2. The summed E-state index contributed by atoms with van der Waals surface area (Å²) in [6.45, 7) is 0. The minimum absolute atomic E-state index is 0.606. The highest BCUT2D eigenvalue weighted by Gasteiger charge is 2.24. The normalized spacial score (nSPS) is 12.8. The van der Waals surface area contributed by atoms with Crippen molar-refractivity contribution in [2.75, 3.05) is 0 Å². The summed E-state index contributed by atoms with van der Waals surface area (Å²) in [5, 5.41) is 7.73. The van der Waals surface area contributed by atoms with Gasteiger partial charge in [-0.05, 0) is 70.8 Å². The molecule has 0 spiro atoms. The molecule has 1 aliphatic rings. The van der Waals surface area contributed by atoms with Crippen LogP contribution in [-0.2, 0) is 6.42 Å². The fourth-order valence-electron chi connectivity index (χ4n) is 8.52. The van der Waals surface area contributed by atoms with Crippen LogP contribution in [0.1, 0.15) is 17.7 Å². The SMILES string of the molecule is C1=Cc2oc3c(-c4nc(-c5ccc(-c6nc(-c7cc8ccccc8c8ccccc78)nc7ccccc67)cc5)nc5c4oc4ccccc45)cccc3c2CC1. The van der Waals surface area contributed by atoms with Gasteiger partial charge < -0.3 is 8.83 Å². The molecule has 4 heterocycles. The number of furan rings is 2. The average Bonchev–Trinajstić information content (AvgIpc) is 3.84. The molecular formula is C50H30N4O2. The molecule has 1 aliphatic carbocycles. The van der Waals surface area contributed by atoms with E-state index in [4.69, 9.17) is 28.8 Å². The number of fused-ring (bicyclic) bond motifs is 10. The molecule has 56 heavy (non-hydrogen) atoms. The van der Waals surface area contributed by atoms with Gasteiger partial charge in [0.25, 0.3) is 0 Å². The lowest BCUT2D eigenvalue weighted by Crippen LogP contribution is -1.97. The van der Waals surface area contributed by atoms with Crippen LogP contribution in [0.3, 0.4) is 0 Å². The van der Waals surface area contributed by atoms with Crippen molar-refractivity contribution in [3.05, 3.63) is 163 Å². The van der Waals surface area contributed by atoms with Crippen LogP contribution in [0, 0.1) is 0 Å². The number of para-hydroxylation sites is 3. The Balaban J connectivity index is 1.03. The molecule has 0 atom stereocenters. The summed E-state index contributed by atoms with van der Waals surface area (Å²) in [7, 11) is 0. The van der Waals surface area contributed by atoms with E-state index in [1.165, 1.54) is 16.3 Å². The predicted octanol–water partition coefficient (Wildman–Crippen LogP) is 13.0. The molecule has 0 saturated carbocycles. The number of hydrogen-bond donors (Lipinski definition) is 0. The zero-order valence-corrected chi connectivity index (χ0v) is 30.0. The first-order valence-corrected chi connectivity index (χ1v) is 18.9. The molecule has 0 amide bonds. The van der Waals surface area contributed by atoms with Gasteiger partial charge >= 0.3 is 0 Å². The Morgan fingerprint density at radius 3 is 2.07 bits per heavy atom. The first-order chi connectivity index (χ1) is 27.7. The van der Waals surface area contributed by atoms with Crippen molar-refractivity contribution in [2.24, 2.45) is 0 Å². The van der Waals surface area contributed by atoms with Gasteiger partial charge in [0.1, 0.15) is 28.1 Å². The second-order valence-electron chi connectivity index (χ2n) is 14.4. The molecule has 0 aliphatic heterocycles. The Bertz CT molecular complexity index is 3430. The van der Waals surface area contributed by atoms with Gasteiger partial charge in [0.05, 0.1) is 11.2 Å². The van der Waals surface area contributed by atoms with Gasteiger partial charge in [0.2, 0.25) is 0 Å². The fraction of sp³-hybridized carbons (Fsp3) is 0.0400. The third-order valence-electron chi connectivity index (χ3n) is 11.2. The van der Waals surface area contributed by atoms with Crippen LogP contribution < -0.4 is 0 Å². The summed E-state index contributed by atoms with van der Waals surface area (Å²) < 4.78 is 13.0. The molecule has 4 aromatic heterocycles. The standard InChI is InChI=1S/C50H30N4O2/c1-2-13-32-31(12-1)28-40(34-15-4-3-14-33(32)34)50-51-41-21-8-5-17-37(41)44(52-50)29-24-26-30(27-25-29)49-53-45-38-18-7-10-23-43(38)56-48(45)46(54-49)39-20-11-19-36-35-16-6-9-22-42(35)55-47(36)39/h1-5,7-15,17-28H,6,16H2. The predicted molar refractivity (Wildman–Crippen MR) is 226 cm³/mol. The molecular weight excluding hydrogens is 689 g/mol. The zero-order chi connectivity index (χ0) is 36.7. The van der Waals surface area contributed by atoms with Crippen LogP contribution in [0.5, 0.6) is 0 Å². The maximum atomic E-state index is 6.53. The number of hydrogen-bond acceptors (Lipinski definition) is 6. The van der Waals surface area contributed by atoms with E-state index in [2.05, 4.69) is 127 Å². The third kappa shape index (κ3) is 4.69. The molecule has 0 bridgehead atoms. The molecule has 262 valence electrons. The van der Waals surface area contributed by atoms with Gasteiger partial charge in [-0.15, -0.1) is 0 Å². The van der Waals surface area contributed by atoms with Crippen LogP contribution in [0.15, 0.2) is 161 Å². The van der Waals surface area contributed by atoms with Crippen LogP contribution in [0.25, 0.3) is 117 Å². The largest absolute Gasteiger partial charge is 0.456 e. The van der Waals surface area contributed by atoms with Crippen LogP contribution in [-0.4, -0.2) is 19.9 Å². The maximum Gasteiger partial charge on any atom is 0.180 e. The number of rotatable bonds is 4. The lowest BCUT2D eigenvalue weighted by Gasteiger charge is -2.13. The van der Waals surface area contributed by atoms with Crippen molar-refractivity contribution in [3.63, 3.8) is 0 Å². The minimum atomic E-state index is 0.606. The van der Waals surface area contributed by atoms with E-state index in [0.717, 1.165) is 95.7 Å². The smallest absolute Gasteiger partial charge is 0.180 e.